The Kier molecular flexibility index (Phi) is 6.47. The van der Waals surface area contributed by atoms with Gasteiger partial charge in [-0.2, -0.15) is 4.99 Å². The summed E-state index contributed by atoms with van der Waals surface area (Å²) in [6, 6.07) is 7.42. The minimum absolute atomic E-state index is 0.165. The number of carbonyl (C=O) groups excluding carboxylic acids is 2. The highest BCUT2D eigenvalue weighted by Crippen LogP contribution is 2.41. The van der Waals surface area contributed by atoms with E-state index in [1.807, 2.05) is 29.2 Å². The number of guanidine groups is 2. The Hall–Kier alpha value is -3.95. The molecule has 0 radical (unpaired) electrons. The molecular weight excluding hydrogens is 448 g/mol. The first-order valence-corrected chi connectivity index (χ1v) is 11.5. The highest BCUT2D eigenvalue weighted by Gasteiger charge is 2.42. The number of aromatic nitrogens is 1. The third kappa shape index (κ3) is 4.20. The molecule has 0 bridgehead atoms. The van der Waals surface area contributed by atoms with Crippen LogP contribution in [0.4, 0.5) is 5.69 Å². The van der Waals surface area contributed by atoms with Crippen molar-refractivity contribution < 1.29 is 19.1 Å². The van der Waals surface area contributed by atoms with Crippen LogP contribution in [0.3, 0.4) is 0 Å². The van der Waals surface area contributed by atoms with E-state index < -0.39 is 17.6 Å². The fraction of sp³-hybridized carbons (Fsp3) is 0.400. The van der Waals surface area contributed by atoms with Crippen LogP contribution in [0.1, 0.15) is 64.2 Å². The van der Waals surface area contributed by atoms with Gasteiger partial charge in [0.25, 0.3) is 0 Å². The normalized spacial score (nSPS) is 17.0. The Labute approximate surface area is 204 Å². The summed E-state index contributed by atoms with van der Waals surface area (Å²) in [5.74, 6) is -0.778. The Balaban J connectivity index is 1.95. The van der Waals surface area contributed by atoms with Gasteiger partial charge in [-0.3, -0.25) is 9.88 Å². The molecule has 0 atom stereocenters. The van der Waals surface area contributed by atoms with E-state index in [1.165, 1.54) is 14.2 Å². The second kappa shape index (κ2) is 9.36. The summed E-state index contributed by atoms with van der Waals surface area (Å²) in [6.07, 6.45) is 4.65. The molecule has 1 aromatic heterocycles. The number of hydrogen-bond donors (Lipinski definition) is 2. The lowest BCUT2D eigenvalue weighted by molar-refractivity contribution is 0.0599. The number of rotatable bonds is 4. The molecule has 0 saturated heterocycles. The molecule has 1 aromatic carbocycles. The minimum atomic E-state index is -0.632. The van der Waals surface area contributed by atoms with Crippen molar-refractivity contribution in [3.63, 3.8) is 0 Å². The van der Waals surface area contributed by atoms with Gasteiger partial charge in [-0.05, 0) is 57.2 Å². The van der Waals surface area contributed by atoms with Gasteiger partial charge in [-0.1, -0.05) is 18.6 Å². The lowest BCUT2D eigenvalue weighted by Gasteiger charge is -2.45. The zero-order chi connectivity index (χ0) is 25.3. The van der Waals surface area contributed by atoms with Crippen molar-refractivity contribution in [1.82, 2.24) is 4.98 Å². The highest BCUT2D eigenvalue weighted by molar-refractivity contribution is 6.09. The number of ether oxygens (including phenoxy) is 2. The van der Waals surface area contributed by atoms with E-state index in [2.05, 4.69) is 9.98 Å². The molecule has 1 spiro atoms. The van der Waals surface area contributed by atoms with Crippen molar-refractivity contribution in [2.75, 3.05) is 19.1 Å². The van der Waals surface area contributed by atoms with E-state index >= 15 is 0 Å². The molecular formula is C25H30N6O4. The van der Waals surface area contributed by atoms with Gasteiger partial charge in [0.1, 0.15) is 5.66 Å². The monoisotopic (exact) mass is 478 g/mol. The Morgan fingerprint density at radius 1 is 0.971 bits per heavy atom. The molecule has 1 aliphatic heterocycles. The Morgan fingerprint density at radius 2 is 1.57 bits per heavy atom. The van der Waals surface area contributed by atoms with E-state index in [1.54, 1.807) is 13.8 Å². The zero-order valence-electron chi connectivity index (χ0n) is 20.4. The summed E-state index contributed by atoms with van der Waals surface area (Å²) in [5.41, 5.74) is 14.8. The molecule has 4 rings (SSSR count). The van der Waals surface area contributed by atoms with E-state index in [4.69, 9.17) is 25.9 Å². The number of nitrogens with zero attached hydrogens (tertiary/aromatic N) is 4. The quantitative estimate of drug-likeness (QED) is 0.638. The second-order valence-corrected chi connectivity index (χ2v) is 8.76. The summed E-state index contributed by atoms with van der Waals surface area (Å²) in [7, 11) is 2.58. The number of methoxy groups -OCH3 is 2. The van der Waals surface area contributed by atoms with Crippen molar-refractivity contribution in [3.8, 4) is 11.1 Å². The predicted octanol–water partition coefficient (Wildman–Crippen LogP) is 3.05. The molecule has 2 heterocycles. The standard InChI is InChI=1S/C25H30N6O4/c1-14-18(21(32)34-3)20(19(15(2)28-14)22(33)35-4)16-9-8-10-17(13-16)31-24(27)29-23(26)30-25(31)11-6-5-7-12-25/h8-10,13H,5-7,11-12H2,1-4H3,(H4,26,27,29,30). The molecule has 1 fully saturated rings. The lowest BCUT2D eigenvalue weighted by Crippen LogP contribution is -2.58. The minimum Gasteiger partial charge on any atom is -0.465 e. The molecule has 35 heavy (non-hydrogen) atoms. The van der Waals surface area contributed by atoms with Crippen LogP contribution in [0.2, 0.25) is 0 Å². The molecule has 0 amide bonds. The smallest absolute Gasteiger partial charge is 0.340 e. The maximum Gasteiger partial charge on any atom is 0.340 e. The van der Waals surface area contributed by atoms with Crippen LogP contribution in [-0.4, -0.2) is 48.7 Å². The van der Waals surface area contributed by atoms with E-state index in [0.717, 1.165) is 37.8 Å². The molecule has 0 unspecified atom stereocenters. The summed E-state index contributed by atoms with van der Waals surface area (Å²) in [6.45, 7) is 3.41. The highest BCUT2D eigenvalue weighted by atomic mass is 16.5. The fourth-order valence-corrected chi connectivity index (χ4v) is 5.14. The van der Waals surface area contributed by atoms with Gasteiger partial charge in [0, 0.05) is 11.3 Å². The number of carbonyl (C=O) groups is 2. The third-order valence-electron chi connectivity index (χ3n) is 6.58. The lowest BCUT2D eigenvalue weighted by atomic mass is 9.86. The number of benzene rings is 1. The average molecular weight is 479 g/mol. The molecule has 1 aliphatic carbocycles. The number of aryl methyl sites for hydroxylation is 2. The SMILES string of the molecule is COC(=O)c1c(C)nc(C)c(C(=O)OC)c1-c1cccc(N2C(N)=NC(N)=NC23CCCCC3)c1. The van der Waals surface area contributed by atoms with Gasteiger partial charge >= 0.3 is 11.9 Å². The zero-order valence-corrected chi connectivity index (χ0v) is 20.4. The van der Waals surface area contributed by atoms with Gasteiger partial charge in [-0.15, -0.1) is 0 Å². The molecule has 2 aliphatic rings. The Morgan fingerprint density at radius 3 is 2.14 bits per heavy atom. The van der Waals surface area contributed by atoms with Crippen molar-refractivity contribution in [2.24, 2.45) is 21.5 Å². The first-order valence-electron chi connectivity index (χ1n) is 11.5. The van der Waals surface area contributed by atoms with E-state index in [9.17, 15) is 9.59 Å². The number of nitrogens with two attached hydrogens (primary N) is 2. The predicted molar refractivity (Wildman–Crippen MR) is 133 cm³/mol. The number of anilines is 1. The summed E-state index contributed by atoms with van der Waals surface area (Å²) in [5, 5.41) is 0. The van der Waals surface area contributed by atoms with Gasteiger partial charge in [0.2, 0.25) is 11.9 Å². The van der Waals surface area contributed by atoms with Gasteiger partial charge in [0.05, 0.1) is 36.7 Å². The molecule has 1 saturated carbocycles. The number of pyridine rings is 1. The van der Waals surface area contributed by atoms with Gasteiger partial charge in [-0.25, -0.2) is 14.6 Å². The largest absolute Gasteiger partial charge is 0.465 e. The van der Waals surface area contributed by atoms with Crippen molar-refractivity contribution in [1.29, 1.82) is 0 Å². The summed E-state index contributed by atoms with van der Waals surface area (Å²) < 4.78 is 10.1. The first kappa shape index (κ1) is 24.2. The van der Waals surface area contributed by atoms with Crippen molar-refractivity contribution in [2.45, 2.75) is 51.6 Å². The topological polar surface area (TPSA) is 145 Å². The van der Waals surface area contributed by atoms with E-state index in [0.29, 0.717) is 22.5 Å². The van der Waals surface area contributed by atoms with Crippen molar-refractivity contribution >= 4 is 29.5 Å². The number of aliphatic imine (C=N–C) groups is 2. The fourth-order valence-electron chi connectivity index (χ4n) is 5.14. The van der Waals surface area contributed by atoms with Crippen LogP contribution in [0, 0.1) is 13.8 Å². The van der Waals surface area contributed by atoms with Crippen LogP contribution in [0.15, 0.2) is 34.3 Å². The average Bonchev–Trinajstić information content (AvgIpc) is 2.82. The van der Waals surface area contributed by atoms with Gasteiger partial charge in [0.15, 0.2) is 0 Å². The maximum atomic E-state index is 12.8. The van der Waals surface area contributed by atoms with Crippen molar-refractivity contribution in [3.05, 3.63) is 46.8 Å². The maximum absolute atomic E-state index is 12.8. The first-order chi connectivity index (χ1) is 16.7. The summed E-state index contributed by atoms with van der Waals surface area (Å²) in [4.78, 5) is 40.9. The molecule has 10 nitrogen and oxygen atoms in total. The molecule has 4 N–H and O–H groups in total. The molecule has 184 valence electrons. The van der Waals surface area contributed by atoms with Crippen LogP contribution < -0.4 is 16.4 Å². The van der Waals surface area contributed by atoms with Crippen LogP contribution in [0.5, 0.6) is 0 Å². The van der Waals surface area contributed by atoms with Crippen LogP contribution in [-0.2, 0) is 9.47 Å². The second-order valence-electron chi connectivity index (χ2n) is 8.76. The number of esters is 2. The van der Waals surface area contributed by atoms with E-state index in [-0.39, 0.29) is 23.0 Å². The van der Waals surface area contributed by atoms with Gasteiger partial charge < -0.3 is 20.9 Å². The van der Waals surface area contributed by atoms with Crippen LogP contribution in [0.25, 0.3) is 11.1 Å². The third-order valence-corrected chi connectivity index (χ3v) is 6.58. The van der Waals surface area contributed by atoms with Crippen LogP contribution >= 0.6 is 0 Å². The number of hydrogen-bond acceptors (Lipinski definition) is 10. The Bertz CT molecular complexity index is 1210. The summed E-state index contributed by atoms with van der Waals surface area (Å²) >= 11 is 0. The molecule has 10 heteroatoms. The molecule has 2 aromatic rings.